The zero-order valence-corrected chi connectivity index (χ0v) is 9.82. The van der Waals surface area contributed by atoms with Gasteiger partial charge in [0.25, 0.3) is 0 Å². The second-order valence-electron chi connectivity index (χ2n) is 4.60. The fourth-order valence-electron chi connectivity index (χ4n) is 2.41. The number of halogens is 1. The average molecular weight is 203 g/mol. The Balaban J connectivity index is 0.00000169. The van der Waals surface area contributed by atoms with Crippen LogP contribution in [0.1, 0.15) is 52.4 Å². The SMILES string of the molecule is CCCCC1CC[NH+](CCCC)C1.[F-]. The molecular weight excluding hydrogens is 177 g/mol. The Labute approximate surface area is 88.2 Å². The quantitative estimate of drug-likeness (QED) is 0.558. The van der Waals surface area contributed by atoms with Gasteiger partial charge in [-0.15, -0.1) is 0 Å². The predicted molar refractivity (Wildman–Crippen MR) is 58.1 cm³/mol. The maximum atomic E-state index is 2.30. The third-order valence-electron chi connectivity index (χ3n) is 3.33. The summed E-state index contributed by atoms with van der Waals surface area (Å²) in [5.41, 5.74) is 0. The van der Waals surface area contributed by atoms with Crippen LogP contribution in [0.25, 0.3) is 0 Å². The Morgan fingerprint density at radius 1 is 1.14 bits per heavy atom. The van der Waals surface area contributed by atoms with E-state index in [1.54, 1.807) is 0 Å². The molecule has 1 aliphatic heterocycles. The normalized spacial score (nSPS) is 26.1. The molecule has 0 radical (unpaired) electrons. The molecule has 0 aromatic heterocycles. The van der Waals surface area contributed by atoms with Gasteiger partial charge >= 0.3 is 0 Å². The van der Waals surface area contributed by atoms with Gasteiger partial charge in [-0.1, -0.05) is 33.1 Å². The fraction of sp³-hybridized carbons (Fsp3) is 1.00. The van der Waals surface area contributed by atoms with Crippen molar-refractivity contribution in [1.29, 1.82) is 0 Å². The van der Waals surface area contributed by atoms with E-state index >= 15 is 0 Å². The van der Waals surface area contributed by atoms with Crippen molar-refractivity contribution in [2.75, 3.05) is 19.6 Å². The summed E-state index contributed by atoms with van der Waals surface area (Å²) in [5, 5.41) is 0. The Bertz CT molecular complexity index is 113. The van der Waals surface area contributed by atoms with Gasteiger partial charge in [-0.2, -0.15) is 0 Å². The third-order valence-corrected chi connectivity index (χ3v) is 3.33. The minimum atomic E-state index is 0. The molecular formula is C12H26FN. The second-order valence-corrected chi connectivity index (χ2v) is 4.60. The molecule has 0 amide bonds. The lowest BCUT2D eigenvalue weighted by Crippen LogP contribution is -3.10. The zero-order valence-electron chi connectivity index (χ0n) is 9.82. The minimum absolute atomic E-state index is 0. The number of likely N-dealkylation sites (tertiary alicyclic amines) is 1. The third kappa shape index (κ3) is 4.94. The highest BCUT2D eigenvalue weighted by atomic mass is 19.0. The van der Waals surface area contributed by atoms with Gasteiger partial charge in [0.05, 0.1) is 19.6 Å². The van der Waals surface area contributed by atoms with Crippen LogP contribution in [0.2, 0.25) is 0 Å². The molecule has 0 aliphatic carbocycles. The van der Waals surface area contributed by atoms with Crippen LogP contribution in [0, 0.1) is 5.92 Å². The van der Waals surface area contributed by atoms with Gasteiger partial charge in [-0.05, 0) is 12.8 Å². The molecule has 1 nitrogen and oxygen atoms in total. The zero-order chi connectivity index (χ0) is 9.52. The van der Waals surface area contributed by atoms with Crippen molar-refractivity contribution in [2.45, 2.75) is 52.4 Å². The number of hydrogen-bond donors (Lipinski definition) is 1. The summed E-state index contributed by atoms with van der Waals surface area (Å²) >= 11 is 0. The number of hydrogen-bond acceptors (Lipinski definition) is 0. The molecule has 2 unspecified atom stereocenters. The average Bonchev–Trinajstić information content (AvgIpc) is 2.59. The highest BCUT2D eigenvalue weighted by Crippen LogP contribution is 2.12. The molecule has 2 atom stereocenters. The van der Waals surface area contributed by atoms with E-state index in [1.165, 1.54) is 58.2 Å². The summed E-state index contributed by atoms with van der Waals surface area (Å²) in [7, 11) is 0. The standard InChI is InChI=1S/C12H25N.FH/c1-3-5-7-12-8-10-13(11-12)9-6-4-2;/h12H,3-11H2,1-2H3;1H. The van der Waals surface area contributed by atoms with Crippen molar-refractivity contribution < 1.29 is 9.60 Å². The molecule has 0 aromatic rings. The lowest BCUT2D eigenvalue weighted by molar-refractivity contribution is -0.889. The molecule has 0 spiro atoms. The van der Waals surface area contributed by atoms with Crippen molar-refractivity contribution in [1.82, 2.24) is 0 Å². The van der Waals surface area contributed by atoms with Gasteiger partial charge in [-0.25, -0.2) is 0 Å². The van der Waals surface area contributed by atoms with Crippen molar-refractivity contribution in [2.24, 2.45) is 5.92 Å². The first-order chi connectivity index (χ1) is 6.36. The summed E-state index contributed by atoms with van der Waals surface area (Å²) in [6.07, 6.45) is 8.61. The van der Waals surface area contributed by atoms with Gasteiger partial charge in [0.2, 0.25) is 0 Å². The van der Waals surface area contributed by atoms with E-state index in [0.29, 0.717) is 0 Å². The first kappa shape index (κ1) is 13.9. The minimum Gasteiger partial charge on any atom is -1.00 e. The van der Waals surface area contributed by atoms with Gasteiger partial charge in [0.15, 0.2) is 0 Å². The van der Waals surface area contributed by atoms with Gasteiger partial charge < -0.3 is 9.60 Å². The first-order valence-corrected chi connectivity index (χ1v) is 6.20. The maximum absolute atomic E-state index is 2.30. The highest BCUT2D eigenvalue weighted by molar-refractivity contribution is 4.62. The van der Waals surface area contributed by atoms with Crippen molar-refractivity contribution in [3.05, 3.63) is 0 Å². The molecule has 2 heteroatoms. The highest BCUT2D eigenvalue weighted by Gasteiger charge is 2.24. The van der Waals surface area contributed by atoms with Crippen LogP contribution in [0.15, 0.2) is 0 Å². The summed E-state index contributed by atoms with van der Waals surface area (Å²) in [6, 6.07) is 0. The molecule has 86 valence electrons. The van der Waals surface area contributed by atoms with Crippen LogP contribution in [0.5, 0.6) is 0 Å². The van der Waals surface area contributed by atoms with E-state index in [1.807, 2.05) is 4.90 Å². The lowest BCUT2D eigenvalue weighted by atomic mass is 10.0. The molecule has 14 heavy (non-hydrogen) atoms. The van der Waals surface area contributed by atoms with Crippen LogP contribution >= 0.6 is 0 Å². The van der Waals surface area contributed by atoms with Crippen molar-refractivity contribution in [3.63, 3.8) is 0 Å². The molecule has 0 saturated carbocycles. The maximum Gasteiger partial charge on any atom is 0.0801 e. The predicted octanol–water partition coefficient (Wildman–Crippen LogP) is -1.11. The molecule has 0 bridgehead atoms. The van der Waals surface area contributed by atoms with E-state index < -0.39 is 0 Å². The summed E-state index contributed by atoms with van der Waals surface area (Å²) in [5.74, 6) is 1.06. The largest absolute Gasteiger partial charge is 1.00 e. The Morgan fingerprint density at radius 3 is 2.50 bits per heavy atom. The molecule has 1 rings (SSSR count). The van der Waals surface area contributed by atoms with Gasteiger partial charge in [-0.3, -0.25) is 0 Å². The van der Waals surface area contributed by atoms with E-state index in [9.17, 15) is 0 Å². The number of nitrogens with one attached hydrogen (secondary N) is 1. The second kappa shape index (κ2) is 8.22. The Morgan fingerprint density at radius 2 is 1.86 bits per heavy atom. The van der Waals surface area contributed by atoms with Crippen LogP contribution in [-0.4, -0.2) is 19.6 Å². The van der Waals surface area contributed by atoms with Crippen LogP contribution in [-0.2, 0) is 0 Å². The fourth-order valence-corrected chi connectivity index (χ4v) is 2.41. The summed E-state index contributed by atoms with van der Waals surface area (Å²) in [6.45, 7) is 8.95. The number of unbranched alkanes of at least 4 members (excludes halogenated alkanes) is 2. The van der Waals surface area contributed by atoms with E-state index in [2.05, 4.69) is 13.8 Å². The van der Waals surface area contributed by atoms with E-state index in [0.717, 1.165) is 5.92 Å². The first-order valence-electron chi connectivity index (χ1n) is 6.20. The van der Waals surface area contributed by atoms with Crippen LogP contribution < -0.4 is 9.60 Å². The Hall–Kier alpha value is -0.110. The Kier molecular flexibility index (Phi) is 8.15. The molecule has 1 heterocycles. The lowest BCUT2D eigenvalue weighted by Gasteiger charge is -2.12. The van der Waals surface area contributed by atoms with Crippen LogP contribution in [0.3, 0.4) is 0 Å². The van der Waals surface area contributed by atoms with Crippen LogP contribution in [0.4, 0.5) is 0 Å². The molecule has 0 aromatic carbocycles. The molecule has 1 fully saturated rings. The molecule has 1 saturated heterocycles. The van der Waals surface area contributed by atoms with Gasteiger partial charge in [0.1, 0.15) is 0 Å². The van der Waals surface area contributed by atoms with Crippen molar-refractivity contribution >= 4 is 0 Å². The molecule has 1 N–H and O–H groups in total. The summed E-state index contributed by atoms with van der Waals surface area (Å²) < 4.78 is 0. The van der Waals surface area contributed by atoms with E-state index in [4.69, 9.17) is 0 Å². The monoisotopic (exact) mass is 203 g/mol. The number of quaternary nitrogens is 1. The van der Waals surface area contributed by atoms with Gasteiger partial charge in [0, 0.05) is 12.3 Å². The summed E-state index contributed by atoms with van der Waals surface area (Å²) in [4.78, 5) is 1.88. The van der Waals surface area contributed by atoms with Crippen molar-refractivity contribution in [3.8, 4) is 0 Å². The number of rotatable bonds is 6. The topological polar surface area (TPSA) is 4.44 Å². The molecule has 1 aliphatic rings. The smallest absolute Gasteiger partial charge is 0.0801 e. The van der Waals surface area contributed by atoms with E-state index in [-0.39, 0.29) is 4.70 Å².